The third-order valence-corrected chi connectivity index (χ3v) is 3.54. The minimum absolute atomic E-state index is 0.0688. The Kier molecular flexibility index (Phi) is 3.22. The van der Waals surface area contributed by atoms with E-state index in [-0.39, 0.29) is 12.3 Å². The molecule has 1 aliphatic heterocycles. The molecule has 0 bridgehead atoms. The zero-order valence-electron chi connectivity index (χ0n) is 11.4. The molecule has 5 heteroatoms. The number of likely N-dealkylation sites (N-methyl/N-ethyl adjacent to an activating group) is 1. The predicted octanol–water partition coefficient (Wildman–Crippen LogP) is 1.83. The van der Waals surface area contributed by atoms with Gasteiger partial charge in [0.05, 0.1) is 11.8 Å². The van der Waals surface area contributed by atoms with Crippen molar-refractivity contribution in [2.24, 2.45) is 0 Å². The Morgan fingerprint density at radius 2 is 2.11 bits per heavy atom. The van der Waals surface area contributed by atoms with Crippen LogP contribution in [0.1, 0.15) is 25.8 Å². The van der Waals surface area contributed by atoms with E-state index in [9.17, 15) is 9.59 Å². The molecule has 0 unspecified atom stereocenters. The van der Waals surface area contributed by atoms with Crippen LogP contribution in [0, 0.1) is 0 Å². The Labute approximate surface area is 112 Å². The first-order valence-corrected chi connectivity index (χ1v) is 6.22. The van der Waals surface area contributed by atoms with Gasteiger partial charge in [0.25, 0.3) is 0 Å². The van der Waals surface area contributed by atoms with E-state index in [2.05, 4.69) is 5.32 Å². The standard InChI is InChI=1S/C14H18N2O3/c1-14(2)10-8-9(15-7-6-12(17)18)4-5-11(10)16(3)13(14)19/h4-5,8,15H,6-7H2,1-3H3,(H,17,18). The van der Waals surface area contributed by atoms with Gasteiger partial charge in [-0.3, -0.25) is 9.59 Å². The van der Waals surface area contributed by atoms with Gasteiger partial charge in [-0.25, -0.2) is 0 Å². The van der Waals surface area contributed by atoms with Crippen molar-refractivity contribution >= 4 is 23.3 Å². The molecule has 0 radical (unpaired) electrons. The molecule has 1 heterocycles. The first-order chi connectivity index (χ1) is 8.84. The van der Waals surface area contributed by atoms with E-state index in [1.165, 1.54) is 0 Å². The highest BCUT2D eigenvalue weighted by Crippen LogP contribution is 2.41. The Morgan fingerprint density at radius 3 is 2.74 bits per heavy atom. The summed E-state index contributed by atoms with van der Waals surface area (Å²) in [6, 6.07) is 5.69. The highest BCUT2D eigenvalue weighted by Gasteiger charge is 2.42. The maximum absolute atomic E-state index is 12.1. The summed E-state index contributed by atoms with van der Waals surface area (Å²) in [5.41, 5.74) is 2.20. The quantitative estimate of drug-likeness (QED) is 0.868. The highest BCUT2D eigenvalue weighted by molar-refractivity contribution is 6.07. The molecule has 0 aromatic heterocycles. The number of nitrogens with zero attached hydrogens (tertiary/aromatic N) is 1. The van der Waals surface area contributed by atoms with Crippen molar-refractivity contribution in [3.8, 4) is 0 Å². The van der Waals surface area contributed by atoms with E-state index in [1.54, 1.807) is 11.9 Å². The average Bonchev–Trinajstić information content (AvgIpc) is 2.51. The van der Waals surface area contributed by atoms with Crippen LogP contribution in [0.4, 0.5) is 11.4 Å². The third kappa shape index (κ3) is 2.28. The van der Waals surface area contributed by atoms with Crippen LogP contribution in [0.25, 0.3) is 0 Å². The van der Waals surface area contributed by atoms with Gasteiger partial charge in [-0.05, 0) is 37.6 Å². The Bertz CT molecular complexity index is 537. The van der Waals surface area contributed by atoms with Crippen LogP contribution >= 0.6 is 0 Å². The normalized spacial score (nSPS) is 16.4. The van der Waals surface area contributed by atoms with Gasteiger partial charge in [0.15, 0.2) is 0 Å². The van der Waals surface area contributed by atoms with Crippen molar-refractivity contribution in [1.82, 2.24) is 0 Å². The van der Waals surface area contributed by atoms with E-state index in [0.717, 1.165) is 16.9 Å². The summed E-state index contributed by atoms with van der Waals surface area (Å²) in [4.78, 5) is 24.3. The molecule has 19 heavy (non-hydrogen) atoms. The van der Waals surface area contributed by atoms with Crippen molar-refractivity contribution in [2.45, 2.75) is 25.7 Å². The molecule has 0 aliphatic carbocycles. The smallest absolute Gasteiger partial charge is 0.305 e. The molecule has 2 N–H and O–H groups in total. The number of fused-ring (bicyclic) bond motifs is 1. The lowest BCUT2D eigenvalue weighted by atomic mass is 9.86. The molecule has 2 rings (SSSR count). The lowest BCUT2D eigenvalue weighted by molar-refractivity contribution is -0.136. The van der Waals surface area contributed by atoms with Gasteiger partial charge in [0.1, 0.15) is 0 Å². The van der Waals surface area contributed by atoms with E-state index < -0.39 is 11.4 Å². The Hall–Kier alpha value is -2.04. The number of aliphatic carboxylic acids is 1. The average molecular weight is 262 g/mol. The van der Waals surface area contributed by atoms with E-state index in [4.69, 9.17) is 5.11 Å². The monoisotopic (exact) mass is 262 g/mol. The molecule has 1 amide bonds. The number of amides is 1. The fourth-order valence-electron chi connectivity index (χ4n) is 2.40. The molecule has 1 aromatic rings. The molecule has 102 valence electrons. The van der Waals surface area contributed by atoms with Crippen LogP contribution in [0.2, 0.25) is 0 Å². The summed E-state index contributed by atoms with van der Waals surface area (Å²) in [5, 5.41) is 11.7. The van der Waals surface area contributed by atoms with Gasteiger partial charge in [-0.15, -0.1) is 0 Å². The number of hydrogen-bond acceptors (Lipinski definition) is 3. The molecule has 1 aliphatic rings. The Balaban J connectivity index is 2.23. The van der Waals surface area contributed by atoms with Crippen LogP contribution in [-0.4, -0.2) is 30.6 Å². The van der Waals surface area contributed by atoms with Gasteiger partial charge < -0.3 is 15.3 Å². The van der Waals surface area contributed by atoms with Crippen LogP contribution in [-0.2, 0) is 15.0 Å². The van der Waals surface area contributed by atoms with Gasteiger partial charge in [0.2, 0.25) is 5.91 Å². The summed E-state index contributed by atoms with van der Waals surface area (Å²) in [7, 11) is 1.77. The van der Waals surface area contributed by atoms with Crippen molar-refractivity contribution in [1.29, 1.82) is 0 Å². The van der Waals surface area contributed by atoms with Crippen molar-refractivity contribution in [3.05, 3.63) is 23.8 Å². The third-order valence-electron chi connectivity index (χ3n) is 3.54. The zero-order chi connectivity index (χ0) is 14.2. The number of carbonyl (C=O) groups is 2. The fourth-order valence-corrected chi connectivity index (χ4v) is 2.40. The second kappa shape index (κ2) is 4.57. The number of anilines is 2. The fraction of sp³-hybridized carbons (Fsp3) is 0.429. The molecule has 5 nitrogen and oxygen atoms in total. The van der Waals surface area contributed by atoms with Crippen molar-refractivity contribution < 1.29 is 14.7 Å². The highest BCUT2D eigenvalue weighted by atomic mass is 16.4. The van der Waals surface area contributed by atoms with E-state index in [1.807, 2.05) is 32.0 Å². The van der Waals surface area contributed by atoms with Crippen LogP contribution < -0.4 is 10.2 Å². The maximum atomic E-state index is 12.1. The van der Waals surface area contributed by atoms with Crippen molar-refractivity contribution in [2.75, 3.05) is 23.8 Å². The van der Waals surface area contributed by atoms with Crippen LogP contribution in [0.5, 0.6) is 0 Å². The summed E-state index contributed by atoms with van der Waals surface area (Å²) >= 11 is 0. The molecule has 1 aromatic carbocycles. The molecule has 0 fully saturated rings. The SMILES string of the molecule is CN1C(=O)C(C)(C)c2cc(NCCC(=O)O)ccc21. The maximum Gasteiger partial charge on any atom is 0.305 e. The summed E-state index contributed by atoms with van der Waals surface area (Å²) in [6.07, 6.45) is 0.0688. The lowest BCUT2D eigenvalue weighted by Crippen LogP contribution is -2.33. The largest absolute Gasteiger partial charge is 0.481 e. The summed E-state index contributed by atoms with van der Waals surface area (Å²) < 4.78 is 0. The number of carboxylic acids is 1. The number of nitrogens with one attached hydrogen (secondary N) is 1. The second-order valence-corrected chi connectivity index (χ2v) is 5.29. The summed E-state index contributed by atoms with van der Waals surface area (Å²) in [6.45, 7) is 4.18. The van der Waals surface area contributed by atoms with Crippen LogP contribution in [0.3, 0.4) is 0 Å². The second-order valence-electron chi connectivity index (χ2n) is 5.29. The molecule has 0 saturated heterocycles. The number of rotatable bonds is 4. The van der Waals surface area contributed by atoms with Gasteiger partial charge in [-0.1, -0.05) is 0 Å². The molecular formula is C14H18N2O3. The van der Waals surface area contributed by atoms with E-state index >= 15 is 0 Å². The minimum atomic E-state index is -0.830. The van der Waals surface area contributed by atoms with E-state index in [0.29, 0.717) is 6.54 Å². The van der Waals surface area contributed by atoms with Crippen molar-refractivity contribution in [3.63, 3.8) is 0 Å². The summed E-state index contributed by atoms with van der Waals surface area (Å²) in [5.74, 6) is -0.755. The molecule has 0 saturated carbocycles. The first kappa shape index (κ1) is 13.4. The van der Waals surface area contributed by atoms with Gasteiger partial charge >= 0.3 is 5.97 Å². The molecule has 0 spiro atoms. The van der Waals surface area contributed by atoms with Gasteiger partial charge in [0, 0.05) is 25.0 Å². The van der Waals surface area contributed by atoms with Gasteiger partial charge in [-0.2, -0.15) is 0 Å². The Morgan fingerprint density at radius 1 is 1.42 bits per heavy atom. The molecular weight excluding hydrogens is 244 g/mol. The number of benzene rings is 1. The number of hydrogen-bond donors (Lipinski definition) is 2. The first-order valence-electron chi connectivity index (χ1n) is 6.22. The minimum Gasteiger partial charge on any atom is -0.481 e. The predicted molar refractivity (Wildman–Crippen MR) is 73.6 cm³/mol. The zero-order valence-corrected chi connectivity index (χ0v) is 11.4. The van der Waals surface area contributed by atoms with Crippen LogP contribution in [0.15, 0.2) is 18.2 Å². The number of carbonyl (C=O) groups excluding carboxylic acids is 1. The molecule has 0 atom stereocenters. The topological polar surface area (TPSA) is 69.6 Å². The lowest BCUT2D eigenvalue weighted by Gasteiger charge is -2.17. The number of carboxylic acid groups (broad SMARTS) is 1.